The van der Waals surface area contributed by atoms with Gasteiger partial charge in [-0.3, -0.25) is 4.79 Å². The number of hydrogen-bond acceptors (Lipinski definition) is 4. The lowest BCUT2D eigenvalue weighted by atomic mass is 10.1. The lowest BCUT2D eigenvalue weighted by Gasteiger charge is -2.19. The molecule has 2 aromatic rings. The van der Waals surface area contributed by atoms with Gasteiger partial charge in [0.25, 0.3) is 5.91 Å². The molecular weight excluding hydrogens is 345 g/mol. The van der Waals surface area contributed by atoms with Crippen molar-refractivity contribution in [2.75, 3.05) is 23.3 Å². The summed E-state index contributed by atoms with van der Waals surface area (Å²) in [5.41, 5.74) is -1.07. The van der Waals surface area contributed by atoms with Crippen molar-refractivity contribution in [2.24, 2.45) is 0 Å². The Morgan fingerprint density at radius 1 is 1.00 bits per heavy atom. The van der Waals surface area contributed by atoms with Gasteiger partial charge >= 0.3 is 6.18 Å². The number of anilines is 2. The van der Waals surface area contributed by atoms with Crippen LogP contribution in [-0.2, 0) is 6.18 Å². The summed E-state index contributed by atoms with van der Waals surface area (Å²) in [6.45, 7) is 1.73. The first-order chi connectivity index (χ1) is 12.4. The van der Waals surface area contributed by atoms with E-state index < -0.39 is 17.6 Å². The number of halogens is 3. The second kappa shape index (κ2) is 7.72. The largest absolute Gasteiger partial charge is 0.418 e. The number of nitrogens with zero attached hydrogens (tertiary/aromatic N) is 3. The quantitative estimate of drug-likeness (QED) is 0.890. The van der Waals surface area contributed by atoms with Crippen LogP contribution in [0.15, 0.2) is 36.7 Å². The summed E-state index contributed by atoms with van der Waals surface area (Å²) >= 11 is 0. The van der Waals surface area contributed by atoms with Crippen molar-refractivity contribution in [1.82, 2.24) is 9.97 Å². The lowest BCUT2D eigenvalue weighted by molar-refractivity contribution is -0.136. The molecule has 3 rings (SSSR count). The molecule has 1 fully saturated rings. The Labute approximate surface area is 149 Å². The number of carbonyl (C=O) groups is 1. The van der Waals surface area contributed by atoms with E-state index in [-0.39, 0.29) is 11.3 Å². The van der Waals surface area contributed by atoms with Gasteiger partial charge in [-0.2, -0.15) is 13.2 Å². The molecule has 1 N–H and O–H groups in total. The van der Waals surface area contributed by atoms with E-state index in [1.54, 1.807) is 0 Å². The predicted molar refractivity (Wildman–Crippen MR) is 92.1 cm³/mol. The first-order valence-corrected chi connectivity index (χ1v) is 8.50. The van der Waals surface area contributed by atoms with Crippen LogP contribution in [0.3, 0.4) is 0 Å². The van der Waals surface area contributed by atoms with Crippen molar-refractivity contribution < 1.29 is 18.0 Å². The molecule has 26 heavy (non-hydrogen) atoms. The lowest BCUT2D eigenvalue weighted by Crippen LogP contribution is -2.26. The Balaban J connectivity index is 1.73. The molecule has 1 aromatic heterocycles. The van der Waals surface area contributed by atoms with E-state index in [1.165, 1.54) is 43.4 Å². The third-order valence-corrected chi connectivity index (χ3v) is 4.27. The predicted octanol–water partition coefficient (Wildman–Crippen LogP) is 4.13. The van der Waals surface area contributed by atoms with Crippen molar-refractivity contribution in [2.45, 2.75) is 31.9 Å². The number of alkyl halides is 3. The molecule has 8 heteroatoms. The first-order valence-electron chi connectivity index (χ1n) is 8.50. The normalized spacial score (nSPS) is 15.4. The zero-order chi connectivity index (χ0) is 18.6. The molecule has 1 saturated heterocycles. The summed E-state index contributed by atoms with van der Waals surface area (Å²) in [5.74, 6) is -0.136. The Morgan fingerprint density at radius 3 is 2.23 bits per heavy atom. The molecule has 0 atom stereocenters. The zero-order valence-electron chi connectivity index (χ0n) is 14.1. The molecule has 1 aromatic carbocycles. The van der Waals surface area contributed by atoms with Gasteiger partial charge < -0.3 is 10.2 Å². The van der Waals surface area contributed by atoms with E-state index in [1.807, 2.05) is 0 Å². The fourth-order valence-corrected chi connectivity index (χ4v) is 2.91. The number of nitrogens with one attached hydrogen (secondary N) is 1. The van der Waals surface area contributed by atoms with Gasteiger partial charge in [0.15, 0.2) is 0 Å². The summed E-state index contributed by atoms with van der Waals surface area (Å²) in [7, 11) is 0. The number of benzene rings is 1. The van der Waals surface area contributed by atoms with Crippen LogP contribution >= 0.6 is 0 Å². The fourth-order valence-electron chi connectivity index (χ4n) is 2.91. The summed E-state index contributed by atoms with van der Waals surface area (Å²) in [6.07, 6.45) is 2.64. The van der Waals surface area contributed by atoms with Crippen molar-refractivity contribution >= 4 is 17.5 Å². The molecule has 1 aliphatic heterocycles. The highest BCUT2D eigenvalue weighted by molar-refractivity contribution is 6.04. The van der Waals surface area contributed by atoms with Crippen LogP contribution < -0.4 is 10.2 Å². The highest BCUT2D eigenvalue weighted by Crippen LogP contribution is 2.34. The van der Waals surface area contributed by atoms with Crippen molar-refractivity contribution in [3.8, 4) is 0 Å². The number of carbonyl (C=O) groups excluding carboxylic acids is 1. The van der Waals surface area contributed by atoms with Crippen LogP contribution in [0.5, 0.6) is 0 Å². The average molecular weight is 364 g/mol. The van der Waals surface area contributed by atoms with Crippen molar-refractivity contribution in [3.63, 3.8) is 0 Å². The molecule has 0 bridgehead atoms. The topological polar surface area (TPSA) is 58.1 Å². The number of rotatable bonds is 3. The SMILES string of the molecule is O=C(Nc1ccccc1C(F)(F)F)c1cnc(N2CCCCCC2)nc1. The molecule has 5 nitrogen and oxygen atoms in total. The summed E-state index contributed by atoms with van der Waals surface area (Å²) in [6, 6.07) is 4.85. The minimum atomic E-state index is -4.54. The molecule has 138 valence electrons. The number of hydrogen-bond donors (Lipinski definition) is 1. The molecule has 0 spiro atoms. The van der Waals surface area contributed by atoms with Crippen LogP contribution in [0, 0.1) is 0 Å². The van der Waals surface area contributed by atoms with Gasteiger partial charge in [-0.05, 0) is 25.0 Å². The molecule has 1 amide bonds. The van der Waals surface area contributed by atoms with Gasteiger partial charge in [0.2, 0.25) is 5.95 Å². The van der Waals surface area contributed by atoms with Crippen LogP contribution in [0.4, 0.5) is 24.8 Å². The molecule has 2 heterocycles. The molecule has 0 unspecified atom stereocenters. The molecule has 0 aliphatic carbocycles. The zero-order valence-corrected chi connectivity index (χ0v) is 14.1. The maximum atomic E-state index is 13.0. The van der Waals surface area contributed by atoms with Crippen molar-refractivity contribution in [1.29, 1.82) is 0 Å². The van der Waals surface area contributed by atoms with Crippen LogP contribution in [0.1, 0.15) is 41.6 Å². The Hall–Kier alpha value is -2.64. The number of aromatic nitrogens is 2. The maximum absolute atomic E-state index is 13.0. The van der Waals surface area contributed by atoms with Gasteiger partial charge in [0, 0.05) is 25.5 Å². The summed E-state index contributed by atoms with van der Waals surface area (Å²) in [4.78, 5) is 22.7. The van der Waals surface area contributed by atoms with Gasteiger partial charge in [-0.15, -0.1) is 0 Å². The Morgan fingerprint density at radius 2 is 1.62 bits per heavy atom. The standard InChI is InChI=1S/C18H19F3N4O/c19-18(20,21)14-7-3-4-8-15(14)24-16(26)13-11-22-17(23-12-13)25-9-5-1-2-6-10-25/h3-4,7-8,11-12H,1-2,5-6,9-10H2,(H,24,26). The van der Waals surface area contributed by atoms with E-state index in [0.717, 1.165) is 32.0 Å². The van der Waals surface area contributed by atoms with E-state index in [4.69, 9.17) is 0 Å². The second-order valence-electron chi connectivity index (χ2n) is 6.17. The minimum Gasteiger partial charge on any atom is -0.341 e. The van der Waals surface area contributed by atoms with E-state index >= 15 is 0 Å². The van der Waals surface area contributed by atoms with Crippen molar-refractivity contribution in [3.05, 3.63) is 47.8 Å². The summed E-state index contributed by atoms with van der Waals surface area (Å²) < 4.78 is 39.0. The minimum absolute atomic E-state index is 0.112. The fraction of sp³-hybridized carbons (Fsp3) is 0.389. The Bertz CT molecular complexity index is 754. The van der Waals surface area contributed by atoms with Crippen LogP contribution in [0.25, 0.3) is 0 Å². The highest BCUT2D eigenvalue weighted by atomic mass is 19.4. The number of amides is 1. The maximum Gasteiger partial charge on any atom is 0.418 e. The monoisotopic (exact) mass is 364 g/mol. The molecular formula is C18H19F3N4O. The van der Waals surface area contributed by atoms with Crippen LogP contribution in [-0.4, -0.2) is 29.0 Å². The highest BCUT2D eigenvalue weighted by Gasteiger charge is 2.33. The molecule has 0 radical (unpaired) electrons. The van der Waals surface area contributed by atoms with E-state index in [0.29, 0.717) is 5.95 Å². The van der Waals surface area contributed by atoms with Gasteiger partial charge in [0.1, 0.15) is 0 Å². The molecule has 1 aliphatic rings. The van der Waals surface area contributed by atoms with E-state index in [9.17, 15) is 18.0 Å². The second-order valence-corrected chi connectivity index (χ2v) is 6.17. The third-order valence-electron chi connectivity index (χ3n) is 4.27. The summed E-state index contributed by atoms with van der Waals surface area (Å²) in [5, 5.41) is 2.29. The first kappa shape index (κ1) is 18.2. The number of para-hydroxylation sites is 1. The van der Waals surface area contributed by atoms with Gasteiger partial charge in [0.05, 0.1) is 16.8 Å². The van der Waals surface area contributed by atoms with Gasteiger partial charge in [-0.1, -0.05) is 25.0 Å². The van der Waals surface area contributed by atoms with Crippen LogP contribution in [0.2, 0.25) is 0 Å². The van der Waals surface area contributed by atoms with E-state index in [2.05, 4.69) is 20.2 Å². The molecule has 0 saturated carbocycles. The van der Waals surface area contributed by atoms with Gasteiger partial charge in [-0.25, -0.2) is 9.97 Å². The Kier molecular flexibility index (Phi) is 5.39. The average Bonchev–Trinajstić information content (AvgIpc) is 2.91. The third kappa shape index (κ3) is 4.30. The smallest absolute Gasteiger partial charge is 0.341 e.